The summed E-state index contributed by atoms with van der Waals surface area (Å²) in [5.74, 6) is 2.45. The van der Waals surface area contributed by atoms with Crippen molar-refractivity contribution in [3.63, 3.8) is 0 Å². The molecule has 0 spiro atoms. The quantitative estimate of drug-likeness (QED) is 0.422. The van der Waals surface area contributed by atoms with Crippen molar-refractivity contribution >= 4 is 51.5 Å². The van der Waals surface area contributed by atoms with Gasteiger partial charge in [0.15, 0.2) is 0 Å². The number of anilines is 5. The van der Waals surface area contributed by atoms with E-state index in [-0.39, 0.29) is 0 Å². The van der Waals surface area contributed by atoms with Gasteiger partial charge in [-0.1, -0.05) is 11.6 Å². The van der Waals surface area contributed by atoms with Crippen molar-refractivity contribution < 1.29 is 4.74 Å². The summed E-state index contributed by atoms with van der Waals surface area (Å²) in [5.41, 5.74) is 2.37. The second-order valence-electron chi connectivity index (χ2n) is 8.09. The van der Waals surface area contributed by atoms with Crippen molar-refractivity contribution in [3.05, 3.63) is 59.9 Å². The van der Waals surface area contributed by atoms with Gasteiger partial charge in [0, 0.05) is 42.8 Å². The smallest absolute Gasteiger partial charge is 0.239 e. The van der Waals surface area contributed by atoms with Gasteiger partial charge in [0.1, 0.15) is 17.3 Å². The van der Waals surface area contributed by atoms with Crippen molar-refractivity contribution in [2.24, 2.45) is 0 Å². The van der Waals surface area contributed by atoms with Crippen molar-refractivity contribution in [1.29, 1.82) is 0 Å². The molecule has 4 heterocycles. The Morgan fingerprint density at radius 1 is 0.941 bits per heavy atom. The molecule has 1 fully saturated rings. The van der Waals surface area contributed by atoms with Crippen LogP contribution in [0.15, 0.2) is 54.9 Å². The lowest BCUT2D eigenvalue weighted by molar-refractivity contribution is 0.311. The van der Waals surface area contributed by atoms with Crippen molar-refractivity contribution in [3.8, 4) is 5.88 Å². The van der Waals surface area contributed by atoms with E-state index in [0.717, 1.165) is 48.6 Å². The molecule has 174 valence electrons. The second-order valence-corrected chi connectivity index (χ2v) is 8.53. The summed E-state index contributed by atoms with van der Waals surface area (Å²) in [6.45, 7) is 3.90. The standard InChI is InChI=1S/C24H25ClN8O/c1-32-9-11-33(12-10-32)22-6-5-20(23(31-22)34-2)29-24-26-8-7-21(30-24)28-18-14-16-13-17(25)3-4-19(16)27-15-18/h3-8,13-15H,9-12H2,1-2H3,(H2,26,28,29,30). The number of piperazine rings is 1. The third kappa shape index (κ3) is 4.95. The number of methoxy groups -OCH3 is 1. The summed E-state index contributed by atoms with van der Waals surface area (Å²) in [7, 11) is 3.74. The Morgan fingerprint density at radius 2 is 1.79 bits per heavy atom. The van der Waals surface area contributed by atoms with Gasteiger partial charge in [-0.05, 0) is 49.5 Å². The molecule has 9 nitrogen and oxygen atoms in total. The Morgan fingerprint density at radius 3 is 2.62 bits per heavy atom. The molecule has 2 N–H and O–H groups in total. The zero-order valence-electron chi connectivity index (χ0n) is 19.0. The number of nitrogens with one attached hydrogen (secondary N) is 2. The molecule has 0 aliphatic carbocycles. The highest BCUT2D eigenvalue weighted by atomic mass is 35.5. The minimum atomic E-state index is 0.425. The lowest BCUT2D eigenvalue weighted by Crippen LogP contribution is -2.44. The summed E-state index contributed by atoms with van der Waals surface area (Å²) in [4.78, 5) is 22.6. The summed E-state index contributed by atoms with van der Waals surface area (Å²) in [5, 5.41) is 8.10. The van der Waals surface area contributed by atoms with E-state index >= 15 is 0 Å². The number of halogens is 1. The van der Waals surface area contributed by atoms with Crippen LogP contribution in [0, 0.1) is 0 Å². The maximum absolute atomic E-state index is 6.12. The first-order valence-electron chi connectivity index (χ1n) is 11.0. The van der Waals surface area contributed by atoms with Crippen LogP contribution >= 0.6 is 11.6 Å². The van der Waals surface area contributed by atoms with Crippen LogP contribution in [-0.2, 0) is 0 Å². The molecule has 0 amide bonds. The predicted molar refractivity (Wildman–Crippen MR) is 136 cm³/mol. The van der Waals surface area contributed by atoms with Gasteiger partial charge in [0.05, 0.1) is 24.5 Å². The van der Waals surface area contributed by atoms with Crippen molar-refractivity contribution in [2.75, 3.05) is 55.9 Å². The highest BCUT2D eigenvalue weighted by Crippen LogP contribution is 2.29. The van der Waals surface area contributed by atoms with Crippen LogP contribution in [0.1, 0.15) is 0 Å². The van der Waals surface area contributed by atoms with Crippen molar-refractivity contribution in [2.45, 2.75) is 0 Å². The number of fused-ring (bicyclic) bond motifs is 1. The van der Waals surface area contributed by atoms with Gasteiger partial charge in [0.25, 0.3) is 0 Å². The van der Waals surface area contributed by atoms with E-state index in [1.54, 1.807) is 25.6 Å². The Labute approximate surface area is 202 Å². The van der Waals surface area contributed by atoms with Crippen LogP contribution in [0.5, 0.6) is 5.88 Å². The average molecular weight is 477 g/mol. The third-order valence-corrected chi connectivity index (χ3v) is 5.92. The first-order valence-corrected chi connectivity index (χ1v) is 11.4. The van der Waals surface area contributed by atoms with Crippen LogP contribution in [0.25, 0.3) is 10.9 Å². The molecule has 1 aliphatic heterocycles. The molecule has 34 heavy (non-hydrogen) atoms. The van der Waals surface area contributed by atoms with E-state index in [1.165, 1.54) is 0 Å². The number of aromatic nitrogens is 4. The maximum Gasteiger partial charge on any atom is 0.239 e. The zero-order valence-corrected chi connectivity index (χ0v) is 19.8. The highest BCUT2D eigenvalue weighted by Gasteiger charge is 2.17. The summed E-state index contributed by atoms with van der Waals surface area (Å²) < 4.78 is 5.55. The van der Waals surface area contributed by atoms with E-state index in [4.69, 9.17) is 21.3 Å². The normalized spacial score (nSPS) is 14.3. The summed E-state index contributed by atoms with van der Waals surface area (Å²) in [6.07, 6.45) is 3.44. The molecule has 3 aromatic heterocycles. The first-order chi connectivity index (χ1) is 16.6. The molecule has 0 radical (unpaired) electrons. The number of benzene rings is 1. The molecule has 1 aliphatic rings. The van der Waals surface area contributed by atoms with E-state index in [9.17, 15) is 0 Å². The van der Waals surface area contributed by atoms with E-state index < -0.39 is 0 Å². The molecule has 0 saturated carbocycles. The van der Waals surface area contributed by atoms with E-state index in [0.29, 0.717) is 28.4 Å². The number of pyridine rings is 2. The Bertz CT molecular complexity index is 1310. The lowest BCUT2D eigenvalue weighted by atomic mass is 10.2. The van der Waals surface area contributed by atoms with Gasteiger partial charge < -0.3 is 25.2 Å². The molecule has 5 rings (SSSR count). The molecule has 0 atom stereocenters. The molecule has 1 aromatic carbocycles. The zero-order chi connectivity index (χ0) is 23.5. The van der Waals surface area contributed by atoms with Gasteiger partial charge in [-0.3, -0.25) is 4.98 Å². The van der Waals surface area contributed by atoms with Crippen molar-refractivity contribution in [1.82, 2.24) is 24.8 Å². The Hall–Kier alpha value is -3.69. The number of ether oxygens (including phenoxy) is 1. The first kappa shape index (κ1) is 22.1. The van der Waals surface area contributed by atoms with Gasteiger partial charge in [-0.15, -0.1) is 0 Å². The second kappa shape index (κ2) is 9.66. The molecular formula is C24H25ClN8O. The SMILES string of the molecule is COc1nc(N2CCN(C)CC2)ccc1Nc1nccc(Nc2cnc3ccc(Cl)cc3c2)n1. The Balaban J connectivity index is 1.32. The minimum Gasteiger partial charge on any atom is -0.479 e. The van der Waals surface area contributed by atoms with E-state index in [2.05, 4.69) is 42.4 Å². The van der Waals surface area contributed by atoms with Gasteiger partial charge >= 0.3 is 0 Å². The number of hydrogen-bond acceptors (Lipinski definition) is 9. The van der Waals surface area contributed by atoms with Crippen LogP contribution in [0.4, 0.5) is 29.0 Å². The van der Waals surface area contributed by atoms with E-state index in [1.807, 2.05) is 36.4 Å². The number of rotatable bonds is 6. The highest BCUT2D eigenvalue weighted by molar-refractivity contribution is 6.31. The summed E-state index contributed by atoms with van der Waals surface area (Å²) in [6, 6.07) is 13.3. The monoisotopic (exact) mass is 476 g/mol. The number of nitrogens with zero attached hydrogens (tertiary/aromatic N) is 6. The minimum absolute atomic E-state index is 0.425. The largest absolute Gasteiger partial charge is 0.479 e. The number of likely N-dealkylation sites (N-methyl/N-ethyl adjacent to an activating group) is 1. The third-order valence-electron chi connectivity index (χ3n) is 5.68. The lowest BCUT2D eigenvalue weighted by Gasteiger charge is -2.33. The van der Waals surface area contributed by atoms with Crippen LogP contribution in [0.2, 0.25) is 5.02 Å². The van der Waals surface area contributed by atoms with Gasteiger partial charge in [-0.2, -0.15) is 9.97 Å². The van der Waals surface area contributed by atoms with Crippen LogP contribution in [-0.4, -0.2) is 65.2 Å². The topological polar surface area (TPSA) is 91.3 Å². The van der Waals surface area contributed by atoms with Gasteiger partial charge in [0.2, 0.25) is 11.8 Å². The fourth-order valence-electron chi connectivity index (χ4n) is 3.82. The molecular weight excluding hydrogens is 452 g/mol. The fourth-order valence-corrected chi connectivity index (χ4v) is 4.00. The fraction of sp³-hybridized carbons (Fsp3) is 0.250. The molecule has 4 aromatic rings. The number of hydrogen-bond donors (Lipinski definition) is 2. The molecule has 1 saturated heterocycles. The molecule has 0 unspecified atom stereocenters. The maximum atomic E-state index is 6.12. The predicted octanol–water partition coefficient (Wildman–Crippen LogP) is 4.32. The summed E-state index contributed by atoms with van der Waals surface area (Å²) >= 11 is 6.12. The van der Waals surface area contributed by atoms with Gasteiger partial charge in [-0.25, -0.2) is 4.98 Å². The Kier molecular flexibility index (Phi) is 6.29. The molecule has 0 bridgehead atoms. The molecule has 10 heteroatoms. The van der Waals surface area contributed by atoms with Crippen LogP contribution < -0.4 is 20.3 Å². The van der Waals surface area contributed by atoms with Crippen LogP contribution in [0.3, 0.4) is 0 Å². The average Bonchev–Trinajstić information content (AvgIpc) is 2.85.